The van der Waals surface area contributed by atoms with Crippen molar-refractivity contribution in [1.82, 2.24) is 9.97 Å². The zero-order valence-corrected chi connectivity index (χ0v) is 19.3. The van der Waals surface area contributed by atoms with Gasteiger partial charge in [0.1, 0.15) is 28.0 Å². The number of fused-ring (bicyclic) bond motifs is 1. The van der Waals surface area contributed by atoms with Gasteiger partial charge in [0, 0.05) is 35.7 Å². The van der Waals surface area contributed by atoms with Gasteiger partial charge in [-0.1, -0.05) is 6.92 Å². The summed E-state index contributed by atoms with van der Waals surface area (Å²) >= 11 is 0. The zero-order chi connectivity index (χ0) is 23.6. The van der Waals surface area contributed by atoms with Crippen LogP contribution in [-0.2, 0) is 16.6 Å². The maximum absolute atomic E-state index is 15.2. The molecule has 0 amide bonds. The summed E-state index contributed by atoms with van der Waals surface area (Å²) in [4.78, 5) is 7.70. The number of nitrogens with zero attached hydrogens (tertiary/aromatic N) is 3. The Kier molecular flexibility index (Phi) is 6.37. The Morgan fingerprint density at radius 2 is 1.91 bits per heavy atom. The van der Waals surface area contributed by atoms with Crippen LogP contribution in [0.2, 0.25) is 0 Å². The lowest BCUT2D eigenvalue weighted by atomic mass is 9.95. The SMILES string of the molecule is COc1ccc(CN(c2ncccn2)S(=O)(=O)c2cc3c(cc2F)C(C)CCO3)c(OC)c1. The van der Waals surface area contributed by atoms with Gasteiger partial charge in [-0.05, 0) is 36.6 Å². The van der Waals surface area contributed by atoms with Crippen molar-refractivity contribution in [3.63, 3.8) is 0 Å². The van der Waals surface area contributed by atoms with Crippen LogP contribution < -0.4 is 18.5 Å². The fourth-order valence-corrected chi connectivity index (χ4v) is 5.12. The van der Waals surface area contributed by atoms with Crippen molar-refractivity contribution in [2.24, 2.45) is 0 Å². The van der Waals surface area contributed by atoms with E-state index in [-0.39, 0.29) is 18.4 Å². The molecule has 174 valence electrons. The van der Waals surface area contributed by atoms with E-state index in [4.69, 9.17) is 14.2 Å². The summed E-state index contributed by atoms with van der Waals surface area (Å²) in [7, 11) is -1.42. The molecule has 0 N–H and O–H groups in total. The Morgan fingerprint density at radius 1 is 1.15 bits per heavy atom. The molecule has 8 nitrogen and oxygen atoms in total. The van der Waals surface area contributed by atoms with E-state index in [1.54, 1.807) is 24.3 Å². The van der Waals surface area contributed by atoms with Crippen molar-refractivity contribution < 1.29 is 27.0 Å². The first kappa shape index (κ1) is 22.8. The first-order valence-corrected chi connectivity index (χ1v) is 11.8. The van der Waals surface area contributed by atoms with Gasteiger partial charge < -0.3 is 14.2 Å². The maximum atomic E-state index is 15.2. The van der Waals surface area contributed by atoms with Crippen LogP contribution in [0, 0.1) is 5.82 Å². The average molecular weight is 474 g/mol. The Hall–Kier alpha value is -3.40. The van der Waals surface area contributed by atoms with Crippen molar-refractivity contribution in [3.05, 3.63) is 65.7 Å². The highest BCUT2D eigenvalue weighted by molar-refractivity contribution is 7.92. The number of methoxy groups -OCH3 is 2. The molecule has 4 rings (SSSR count). The fraction of sp³-hybridized carbons (Fsp3) is 0.304. The molecule has 0 spiro atoms. The van der Waals surface area contributed by atoms with Crippen molar-refractivity contribution in [3.8, 4) is 17.2 Å². The third-order valence-electron chi connectivity index (χ3n) is 5.56. The predicted molar refractivity (Wildman–Crippen MR) is 120 cm³/mol. The maximum Gasteiger partial charge on any atom is 0.270 e. The van der Waals surface area contributed by atoms with E-state index >= 15 is 4.39 Å². The van der Waals surface area contributed by atoms with Gasteiger partial charge in [0.2, 0.25) is 5.95 Å². The number of benzene rings is 2. The van der Waals surface area contributed by atoms with Crippen molar-refractivity contribution in [2.75, 3.05) is 25.1 Å². The van der Waals surface area contributed by atoms with Crippen molar-refractivity contribution >= 4 is 16.0 Å². The van der Waals surface area contributed by atoms with Gasteiger partial charge in [-0.15, -0.1) is 0 Å². The fourth-order valence-electron chi connectivity index (χ4n) is 3.70. The number of sulfonamides is 1. The van der Waals surface area contributed by atoms with Gasteiger partial charge in [0.05, 0.1) is 27.4 Å². The number of aromatic nitrogens is 2. The van der Waals surface area contributed by atoms with E-state index in [9.17, 15) is 8.42 Å². The second kappa shape index (κ2) is 9.22. The van der Waals surface area contributed by atoms with Crippen LogP contribution in [0.25, 0.3) is 0 Å². The molecule has 3 aromatic rings. The Balaban J connectivity index is 1.82. The number of hydrogen-bond acceptors (Lipinski definition) is 7. The monoisotopic (exact) mass is 473 g/mol. The molecule has 1 atom stereocenters. The van der Waals surface area contributed by atoms with Gasteiger partial charge in [-0.3, -0.25) is 0 Å². The summed E-state index contributed by atoms with van der Waals surface area (Å²) in [5, 5.41) is 0. The molecule has 0 aliphatic carbocycles. The van der Waals surface area contributed by atoms with E-state index in [0.29, 0.717) is 35.0 Å². The molecule has 0 saturated carbocycles. The van der Waals surface area contributed by atoms with Gasteiger partial charge in [0.15, 0.2) is 0 Å². The highest BCUT2D eigenvalue weighted by atomic mass is 32.2. The van der Waals surface area contributed by atoms with E-state index in [1.807, 2.05) is 6.92 Å². The molecule has 0 fully saturated rings. The van der Waals surface area contributed by atoms with E-state index in [0.717, 1.165) is 10.7 Å². The predicted octanol–water partition coefficient (Wildman–Crippen LogP) is 3.91. The first-order valence-electron chi connectivity index (χ1n) is 10.3. The molecule has 1 aromatic heterocycles. The van der Waals surface area contributed by atoms with Crippen molar-refractivity contribution in [1.29, 1.82) is 0 Å². The third-order valence-corrected chi connectivity index (χ3v) is 7.30. The zero-order valence-electron chi connectivity index (χ0n) is 18.5. The van der Waals surface area contributed by atoms with Crippen LogP contribution in [0.15, 0.2) is 53.7 Å². The highest BCUT2D eigenvalue weighted by Gasteiger charge is 2.33. The molecule has 2 aromatic carbocycles. The van der Waals surface area contributed by atoms with Crippen LogP contribution >= 0.6 is 0 Å². The summed E-state index contributed by atoms with van der Waals surface area (Å²) < 4.78 is 59.8. The molecule has 0 saturated heterocycles. The number of ether oxygens (including phenoxy) is 3. The summed E-state index contributed by atoms with van der Waals surface area (Å²) in [6.45, 7) is 2.20. The molecule has 33 heavy (non-hydrogen) atoms. The van der Waals surface area contributed by atoms with Gasteiger partial charge >= 0.3 is 0 Å². The molecular formula is C23H24FN3O5S. The summed E-state index contributed by atoms with van der Waals surface area (Å²) in [6.07, 6.45) is 3.58. The van der Waals surface area contributed by atoms with Crippen LogP contribution in [0.3, 0.4) is 0 Å². The van der Waals surface area contributed by atoms with Gasteiger partial charge in [0.25, 0.3) is 10.0 Å². The van der Waals surface area contributed by atoms with Gasteiger partial charge in [-0.2, -0.15) is 0 Å². The standard InChI is InChI=1S/C23H24FN3O5S/c1-15-7-10-32-21-13-22(19(24)12-18(15)21)33(28,29)27(23-25-8-4-9-26-23)14-16-5-6-17(30-2)11-20(16)31-3/h4-6,8-9,11-13,15H,7,10,14H2,1-3H3. The minimum Gasteiger partial charge on any atom is -0.497 e. The summed E-state index contributed by atoms with van der Waals surface area (Å²) in [6, 6.07) is 9.05. The number of rotatable bonds is 7. The largest absolute Gasteiger partial charge is 0.497 e. The summed E-state index contributed by atoms with van der Waals surface area (Å²) in [5.41, 5.74) is 1.18. The van der Waals surface area contributed by atoms with E-state index < -0.39 is 20.7 Å². The van der Waals surface area contributed by atoms with Crippen LogP contribution in [0.4, 0.5) is 10.3 Å². The molecule has 2 heterocycles. The summed E-state index contributed by atoms with van der Waals surface area (Å²) in [5.74, 6) is 0.443. The van der Waals surface area contributed by atoms with Crippen LogP contribution in [0.5, 0.6) is 17.2 Å². The Bertz CT molecular complexity index is 1250. The van der Waals surface area contributed by atoms with Crippen LogP contribution in [0.1, 0.15) is 30.4 Å². The molecule has 1 aliphatic heterocycles. The smallest absolute Gasteiger partial charge is 0.270 e. The highest BCUT2D eigenvalue weighted by Crippen LogP contribution is 2.38. The number of halogens is 1. The Morgan fingerprint density at radius 3 is 2.61 bits per heavy atom. The lowest BCUT2D eigenvalue weighted by Gasteiger charge is -2.26. The molecule has 1 aliphatic rings. The number of hydrogen-bond donors (Lipinski definition) is 0. The minimum absolute atomic E-state index is 0.0668. The topological polar surface area (TPSA) is 90.9 Å². The third kappa shape index (κ3) is 4.43. The molecular weight excluding hydrogens is 449 g/mol. The lowest BCUT2D eigenvalue weighted by Crippen LogP contribution is -2.33. The van der Waals surface area contributed by atoms with Crippen LogP contribution in [-0.4, -0.2) is 39.2 Å². The van der Waals surface area contributed by atoms with E-state index in [2.05, 4.69) is 9.97 Å². The quantitative estimate of drug-likeness (QED) is 0.514. The second-order valence-electron chi connectivity index (χ2n) is 7.60. The first-order chi connectivity index (χ1) is 15.8. The van der Waals surface area contributed by atoms with Crippen molar-refractivity contribution in [2.45, 2.75) is 30.7 Å². The normalized spacial score (nSPS) is 15.3. The van der Waals surface area contributed by atoms with Gasteiger partial charge in [-0.25, -0.2) is 27.1 Å². The molecule has 0 bridgehead atoms. The number of anilines is 1. The van der Waals surface area contributed by atoms with E-state index in [1.165, 1.54) is 38.7 Å². The Labute approximate surface area is 192 Å². The minimum atomic E-state index is -4.41. The average Bonchev–Trinajstić information content (AvgIpc) is 2.83. The second-order valence-corrected chi connectivity index (χ2v) is 9.43. The molecule has 0 radical (unpaired) electrons. The molecule has 1 unspecified atom stereocenters. The molecule has 10 heteroatoms. The lowest BCUT2D eigenvalue weighted by molar-refractivity contribution is 0.270.